The highest BCUT2D eigenvalue weighted by atomic mass is 16.6. The summed E-state index contributed by atoms with van der Waals surface area (Å²) in [4.78, 5) is 24.7. The summed E-state index contributed by atoms with van der Waals surface area (Å²) in [6.45, 7) is 9.84. The third kappa shape index (κ3) is 9.59. The van der Waals surface area contributed by atoms with E-state index in [1.165, 1.54) is 25.2 Å². The van der Waals surface area contributed by atoms with E-state index in [9.17, 15) is 24.9 Å². The molecule has 0 aromatic carbocycles. The predicted molar refractivity (Wildman–Crippen MR) is 121 cm³/mol. The molecule has 0 bridgehead atoms. The number of aliphatic hydroxyl groups excluding tert-OH is 1. The Morgan fingerprint density at radius 1 is 1.29 bits per heavy atom. The molecule has 3 atom stereocenters. The van der Waals surface area contributed by atoms with Gasteiger partial charge in [-0.2, -0.15) is 0 Å². The summed E-state index contributed by atoms with van der Waals surface area (Å²) in [5.74, 6) is -1.02. The zero-order chi connectivity index (χ0) is 23.9. The molecule has 3 N–H and O–H groups in total. The van der Waals surface area contributed by atoms with Crippen LogP contribution in [0.1, 0.15) is 54.4 Å². The van der Waals surface area contributed by atoms with E-state index in [2.05, 4.69) is 0 Å². The molecule has 0 unspecified atom stereocenters. The minimum absolute atomic E-state index is 0.220. The maximum atomic E-state index is 12.5. The molecule has 0 spiro atoms. The predicted octanol–water partition coefficient (Wildman–Crippen LogP) is 3.34. The van der Waals surface area contributed by atoms with E-state index >= 15 is 0 Å². The molecular weight excluding hydrogens is 396 g/mol. The molecule has 1 aliphatic carbocycles. The van der Waals surface area contributed by atoms with Crippen molar-refractivity contribution in [1.82, 2.24) is 0 Å². The highest BCUT2D eigenvalue weighted by Crippen LogP contribution is 2.32. The van der Waals surface area contributed by atoms with Gasteiger partial charge in [0.25, 0.3) is 0 Å². The van der Waals surface area contributed by atoms with E-state index in [0.717, 1.165) is 5.57 Å². The van der Waals surface area contributed by atoms with E-state index < -0.39 is 41.1 Å². The van der Waals surface area contributed by atoms with Gasteiger partial charge in [0.2, 0.25) is 0 Å². The standard InChI is InChI=1S/C25H36O6/c1-18(2)16-22(28)31-21-10-14-24(5,12-7-11-23(3,4)29)13-8-19(17-26)20(27)9-15-25(21,6)30/h7-11,14-16,21,26,29-30H,12-13,17H2,1-6H3/b11-7+,14-10+,15-9-,19-8-/t21-,24+,25-/m1/s1. The maximum absolute atomic E-state index is 12.5. The minimum atomic E-state index is -1.65. The number of esters is 1. The smallest absolute Gasteiger partial charge is 0.331 e. The molecule has 0 aromatic rings. The van der Waals surface area contributed by atoms with E-state index in [4.69, 9.17) is 4.74 Å². The Balaban J connectivity index is 3.42. The summed E-state index contributed by atoms with van der Waals surface area (Å²) in [6, 6.07) is 0. The first kappa shape index (κ1) is 26.8. The normalized spacial score (nSPS) is 31.3. The molecular formula is C25H36O6. The average molecular weight is 433 g/mol. The lowest BCUT2D eigenvalue weighted by atomic mass is 9.81. The summed E-state index contributed by atoms with van der Waals surface area (Å²) in [7, 11) is 0. The maximum Gasteiger partial charge on any atom is 0.331 e. The topological polar surface area (TPSA) is 104 Å². The second-order valence-electron chi connectivity index (χ2n) is 9.37. The number of ketones is 1. The summed E-state index contributed by atoms with van der Waals surface area (Å²) in [5, 5.41) is 30.5. The van der Waals surface area contributed by atoms with Crippen LogP contribution in [0.5, 0.6) is 0 Å². The minimum Gasteiger partial charge on any atom is -0.452 e. The van der Waals surface area contributed by atoms with Crippen molar-refractivity contribution in [3.8, 4) is 0 Å². The molecule has 0 aliphatic heterocycles. The lowest BCUT2D eigenvalue weighted by Gasteiger charge is -2.29. The van der Waals surface area contributed by atoms with Gasteiger partial charge < -0.3 is 20.1 Å². The molecule has 31 heavy (non-hydrogen) atoms. The molecule has 6 nitrogen and oxygen atoms in total. The lowest BCUT2D eigenvalue weighted by Crippen LogP contribution is -2.39. The van der Waals surface area contributed by atoms with E-state index in [1.807, 2.05) is 19.1 Å². The lowest BCUT2D eigenvalue weighted by molar-refractivity contribution is -0.148. The zero-order valence-electron chi connectivity index (χ0n) is 19.4. The van der Waals surface area contributed by atoms with Gasteiger partial charge >= 0.3 is 5.97 Å². The molecule has 6 heteroatoms. The Bertz CT molecular complexity index is 800. The van der Waals surface area contributed by atoms with Crippen molar-refractivity contribution >= 4 is 11.8 Å². The number of rotatable bonds is 6. The molecule has 0 heterocycles. The highest BCUT2D eigenvalue weighted by Gasteiger charge is 2.32. The molecule has 1 aliphatic rings. The monoisotopic (exact) mass is 432 g/mol. The van der Waals surface area contributed by atoms with Gasteiger partial charge in [0.1, 0.15) is 5.60 Å². The van der Waals surface area contributed by atoms with Crippen LogP contribution in [0.2, 0.25) is 0 Å². The fraction of sp³-hybridized carbons (Fsp3) is 0.520. The third-order valence-corrected chi connectivity index (χ3v) is 4.88. The van der Waals surface area contributed by atoms with Crippen LogP contribution in [0.15, 0.2) is 59.8 Å². The number of ether oxygens (including phenoxy) is 1. The average Bonchev–Trinajstić information content (AvgIpc) is 2.63. The van der Waals surface area contributed by atoms with E-state index in [1.54, 1.807) is 45.9 Å². The van der Waals surface area contributed by atoms with Gasteiger partial charge in [-0.3, -0.25) is 4.79 Å². The van der Waals surface area contributed by atoms with E-state index in [0.29, 0.717) is 12.8 Å². The van der Waals surface area contributed by atoms with Gasteiger partial charge in [0.05, 0.1) is 12.2 Å². The summed E-state index contributed by atoms with van der Waals surface area (Å²) >= 11 is 0. The number of aliphatic hydroxyl groups is 3. The molecule has 0 aromatic heterocycles. The second-order valence-corrected chi connectivity index (χ2v) is 9.37. The van der Waals surface area contributed by atoms with Crippen LogP contribution in [-0.4, -0.2) is 51.0 Å². The number of hydrogen-bond donors (Lipinski definition) is 3. The van der Waals surface area contributed by atoms with Crippen LogP contribution in [-0.2, 0) is 14.3 Å². The van der Waals surface area contributed by atoms with Crippen molar-refractivity contribution in [2.24, 2.45) is 5.41 Å². The number of carbonyl (C=O) groups is 2. The summed E-state index contributed by atoms with van der Waals surface area (Å²) < 4.78 is 5.49. The van der Waals surface area contributed by atoms with Crippen molar-refractivity contribution < 1.29 is 29.6 Å². The molecule has 0 saturated carbocycles. The summed E-state index contributed by atoms with van der Waals surface area (Å²) in [6.07, 6.45) is 12.4. The fourth-order valence-electron chi connectivity index (χ4n) is 2.95. The summed E-state index contributed by atoms with van der Waals surface area (Å²) in [5.41, 5.74) is -2.16. The number of carbonyl (C=O) groups excluding carboxylic acids is 2. The Hall–Kier alpha value is -2.28. The van der Waals surface area contributed by atoms with E-state index in [-0.39, 0.29) is 5.57 Å². The molecule has 0 radical (unpaired) electrons. The van der Waals surface area contributed by atoms with Gasteiger partial charge in [-0.25, -0.2) is 4.79 Å². The van der Waals surface area contributed by atoms with Gasteiger partial charge in [-0.1, -0.05) is 36.8 Å². The van der Waals surface area contributed by atoms with Crippen molar-refractivity contribution in [3.63, 3.8) is 0 Å². The highest BCUT2D eigenvalue weighted by molar-refractivity contribution is 6.04. The molecule has 1 rings (SSSR count). The Kier molecular flexibility index (Phi) is 9.36. The van der Waals surface area contributed by atoms with Crippen molar-refractivity contribution in [2.45, 2.75) is 71.7 Å². The van der Waals surface area contributed by atoms with Crippen molar-refractivity contribution in [2.75, 3.05) is 6.61 Å². The van der Waals surface area contributed by atoms with Crippen LogP contribution >= 0.6 is 0 Å². The Labute approximate surface area is 185 Å². The molecule has 0 fully saturated rings. The van der Waals surface area contributed by atoms with Crippen LogP contribution in [0.25, 0.3) is 0 Å². The third-order valence-electron chi connectivity index (χ3n) is 4.88. The first-order valence-corrected chi connectivity index (χ1v) is 10.4. The second kappa shape index (κ2) is 10.8. The Morgan fingerprint density at radius 3 is 2.48 bits per heavy atom. The SMILES string of the molecule is CC(C)=CC(=O)O[C@@H]1/C=C/[C@@](C)(C/C=C/C(C)(C)O)C/C=C(/CO)C(=O)/C=C\[C@@]1(C)O. The van der Waals surface area contributed by atoms with Crippen LogP contribution < -0.4 is 0 Å². The zero-order valence-corrected chi connectivity index (χ0v) is 19.4. The number of hydrogen-bond acceptors (Lipinski definition) is 6. The van der Waals surface area contributed by atoms with Gasteiger partial charge in [-0.15, -0.1) is 0 Å². The fourth-order valence-corrected chi connectivity index (χ4v) is 2.95. The van der Waals surface area contributed by atoms with Crippen molar-refractivity contribution in [1.29, 1.82) is 0 Å². The molecule has 0 saturated heterocycles. The first-order chi connectivity index (χ1) is 14.2. The van der Waals surface area contributed by atoms with Crippen LogP contribution in [0.4, 0.5) is 0 Å². The van der Waals surface area contributed by atoms with Crippen molar-refractivity contribution in [3.05, 3.63) is 59.8 Å². The molecule has 172 valence electrons. The van der Waals surface area contributed by atoms with Gasteiger partial charge in [0, 0.05) is 11.6 Å². The molecule has 0 amide bonds. The van der Waals surface area contributed by atoms with Gasteiger partial charge in [-0.05, 0) is 71.1 Å². The van der Waals surface area contributed by atoms with Gasteiger partial charge in [0.15, 0.2) is 11.9 Å². The largest absolute Gasteiger partial charge is 0.452 e. The number of allylic oxidation sites excluding steroid dienone is 5. The van der Waals surface area contributed by atoms with Crippen LogP contribution in [0.3, 0.4) is 0 Å². The van der Waals surface area contributed by atoms with Crippen LogP contribution in [0, 0.1) is 5.41 Å². The quantitative estimate of drug-likeness (QED) is 0.338. The first-order valence-electron chi connectivity index (χ1n) is 10.4. The Morgan fingerprint density at radius 2 is 1.94 bits per heavy atom.